The van der Waals surface area contributed by atoms with E-state index in [1.165, 1.54) is 25.3 Å². The molecule has 1 saturated heterocycles. The number of carbonyl (C=O) groups excluding carboxylic acids is 2. The molecule has 0 unspecified atom stereocenters. The summed E-state index contributed by atoms with van der Waals surface area (Å²) < 4.78 is 5.20. The van der Waals surface area contributed by atoms with Gasteiger partial charge in [-0.05, 0) is 30.7 Å². The van der Waals surface area contributed by atoms with Crippen LogP contribution < -0.4 is 9.64 Å². The smallest absolute Gasteiger partial charge is 0.273 e. The number of fused-ring (bicyclic) bond motifs is 1. The van der Waals surface area contributed by atoms with Gasteiger partial charge in [0.25, 0.3) is 5.69 Å². The van der Waals surface area contributed by atoms with Crippen molar-refractivity contribution in [2.45, 2.75) is 12.8 Å². The zero-order valence-corrected chi connectivity index (χ0v) is 13.0. The second kappa shape index (κ2) is 5.15. The number of non-ortho nitro benzene ring substituents is 1. The highest BCUT2D eigenvalue weighted by molar-refractivity contribution is 6.23. The zero-order valence-electron chi connectivity index (χ0n) is 13.0. The molecule has 3 aliphatic carbocycles. The number of nitro benzene ring substituents is 1. The van der Waals surface area contributed by atoms with Gasteiger partial charge < -0.3 is 4.74 Å². The first-order chi connectivity index (χ1) is 11.5. The van der Waals surface area contributed by atoms with E-state index in [0.717, 1.165) is 17.7 Å². The lowest BCUT2D eigenvalue weighted by atomic mass is 9.63. The molecule has 2 bridgehead atoms. The number of amides is 2. The SMILES string of the molecule is COc1cc([N+](=O)[O-])ccc1N1C(=O)[C@@H]2[C@@H](C1=O)[C@H]1C=C[C@H]2CC1. The van der Waals surface area contributed by atoms with E-state index in [2.05, 4.69) is 12.2 Å². The van der Waals surface area contributed by atoms with E-state index in [-0.39, 0.29) is 52.6 Å². The minimum absolute atomic E-state index is 0.102. The molecule has 0 aromatic heterocycles. The molecular weight excluding hydrogens is 312 g/mol. The fraction of sp³-hybridized carbons (Fsp3) is 0.412. The van der Waals surface area contributed by atoms with Crippen LogP contribution in [0.3, 0.4) is 0 Å². The molecule has 24 heavy (non-hydrogen) atoms. The van der Waals surface area contributed by atoms with Gasteiger partial charge in [0.2, 0.25) is 11.8 Å². The van der Waals surface area contributed by atoms with Crippen molar-refractivity contribution in [3.8, 4) is 5.75 Å². The number of rotatable bonds is 3. The first-order valence-corrected chi connectivity index (χ1v) is 7.91. The number of hydrogen-bond donors (Lipinski definition) is 0. The van der Waals surface area contributed by atoms with Crippen LogP contribution in [0.2, 0.25) is 0 Å². The number of benzene rings is 1. The molecule has 0 spiro atoms. The van der Waals surface area contributed by atoms with Gasteiger partial charge in [-0.15, -0.1) is 0 Å². The molecule has 124 valence electrons. The molecule has 7 nitrogen and oxygen atoms in total. The quantitative estimate of drug-likeness (QED) is 0.367. The Labute approximate surface area is 138 Å². The molecule has 7 heteroatoms. The van der Waals surface area contributed by atoms with Gasteiger partial charge in [-0.1, -0.05) is 12.2 Å². The van der Waals surface area contributed by atoms with Crippen molar-refractivity contribution in [3.63, 3.8) is 0 Å². The van der Waals surface area contributed by atoms with Crippen LogP contribution in [0.1, 0.15) is 12.8 Å². The van der Waals surface area contributed by atoms with Gasteiger partial charge in [-0.3, -0.25) is 19.7 Å². The lowest BCUT2D eigenvalue weighted by Gasteiger charge is -2.38. The van der Waals surface area contributed by atoms with E-state index >= 15 is 0 Å². The number of methoxy groups -OCH3 is 1. The molecule has 2 fully saturated rings. The maximum absolute atomic E-state index is 12.9. The summed E-state index contributed by atoms with van der Waals surface area (Å²) in [6.45, 7) is 0. The molecular formula is C17H16N2O5. The molecule has 0 radical (unpaired) electrons. The average Bonchev–Trinajstić information content (AvgIpc) is 2.88. The van der Waals surface area contributed by atoms with Crippen LogP contribution in [0, 0.1) is 33.8 Å². The lowest BCUT2D eigenvalue weighted by molar-refractivity contribution is -0.384. The lowest BCUT2D eigenvalue weighted by Crippen LogP contribution is -2.38. The summed E-state index contributed by atoms with van der Waals surface area (Å²) in [6.07, 6.45) is 5.95. The first-order valence-electron chi connectivity index (χ1n) is 7.91. The predicted molar refractivity (Wildman–Crippen MR) is 84.5 cm³/mol. The Morgan fingerprint density at radius 1 is 1.12 bits per heavy atom. The van der Waals surface area contributed by atoms with Crippen LogP contribution in [-0.4, -0.2) is 23.8 Å². The van der Waals surface area contributed by atoms with Gasteiger partial charge in [0.05, 0.1) is 35.6 Å². The Morgan fingerprint density at radius 2 is 1.71 bits per heavy atom. The van der Waals surface area contributed by atoms with Gasteiger partial charge in [0.1, 0.15) is 5.75 Å². The maximum atomic E-state index is 12.9. The Kier molecular flexibility index (Phi) is 3.19. The van der Waals surface area contributed by atoms with Crippen molar-refractivity contribution in [1.82, 2.24) is 0 Å². The minimum Gasteiger partial charge on any atom is -0.494 e. The molecule has 5 rings (SSSR count). The summed E-state index contributed by atoms with van der Waals surface area (Å²) in [5, 5.41) is 10.9. The third kappa shape index (κ3) is 1.90. The van der Waals surface area contributed by atoms with Crippen molar-refractivity contribution in [2.75, 3.05) is 12.0 Å². The third-order valence-electron chi connectivity index (χ3n) is 5.37. The normalized spacial score (nSPS) is 30.6. The largest absolute Gasteiger partial charge is 0.494 e. The molecule has 1 aromatic carbocycles. The van der Waals surface area contributed by atoms with Crippen LogP contribution in [-0.2, 0) is 9.59 Å². The maximum Gasteiger partial charge on any atom is 0.273 e. The fourth-order valence-electron chi connectivity index (χ4n) is 4.28. The second-order valence-corrected chi connectivity index (χ2v) is 6.47. The number of nitro groups is 1. The highest BCUT2D eigenvalue weighted by Gasteiger charge is 2.57. The van der Waals surface area contributed by atoms with Crippen molar-refractivity contribution in [1.29, 1.82) is 0 Å². The van der Waals surface area contributed by atoms with Gasteiger partial charge in [-0.2, -0.15) is 0 Å². The number of anilines is 1. The summed E-state index contributed by atoms with van der Waals surface area (Å²) in [7, 11) is 1.37. The van der Waals surface area contributed by atoms with Crippen LogP contribution in [0.4, 0.5) is 11.4 Å². The number of carbonyl (C=O) groups is 2. The van der Waals surface area contributed by atoms with Crippen LogP contribution in [0.5, 0.6) is 5.75 Å². The molecule has 1 aliphatic heterocycles. The number of nitrogens with zero attached hydrogens (tertiary/aromatic N) is 2. The Morgan fingerprint density at radius 3 is 2.17 bits per heavy atom. The molecule has 1 aromatic rings. The van der Waals surface area contributed by atoms with E-state index in [0.29, 0.717) is 0 Å². The summed E-state index contributed by atoms with van der Waals surface area (Å²) in [6, 6.07) is 3.94. The van der Waals surface area contributed by atoms with Crippen LogP contribution in [0.15, 0.2) is 30.4 Å². The molecule has 2 amide bonds. The van der Waals surface area contributed by atoms with E-state index < -0.39 is 4.92 Å². The van der Waals surface area contributed by atoms with Crippen LogP contribution >= 0.6 is 0 Å². The van der Waals surface area contributed by atoms with Crippen molar-refractivity contribution in [3.05, 3.63) is 40.5 Å². The van der Waals surface area contributed by atoms with Gasteiger partial charge in [-0.25, -0.2) is 4.90 Å². The number of hydrogen-bond acceptors (Lipinski definition) is 5. The summed E-state index contributed by atoms with van der Waals surface area (Å²) in [5.41, 5.74) is 0.140. The van der Waals surface area contributed by atoms with Crippen molar-refractivity contribution >= 4 is 23.2 Å². The van der Waals surface area contributed by atoms with E-state index in [9.17, 15) is 19.7 Å². The standard InChI is InChI=1S/C17H16N2O5/c1-24-13-8-11(19(22)23)6-7-12(13)18-16(20)14-9-2-3-10(5-4-9)15(14)17(18)21/h2-3,6-10,14-15H,4-5H2,1H3/t9-,10-,14-,15-/m0/s1. The molecule has 1 saturated carbocycles. The topological polar surface area (TPSA) is 89.8 Å². The summed E-state index contributed by atoms with van der Waals surface area (Å²) in [5.74, 6) is -0.726. The number of allylic oxidation sites excluding steroid dienone is 2. The van der Waals surface area contributed by atoms with Crippen LogP contribution in [0.25, 0.3) is 0 Å². The van der Waals surface area contributed by atoms with Gasteiger partial charge in [0.15, 0.2) is 0 Å². The van der Waals surface area contributed by atoms with Crippen molar-refractivity contribution < 1.29 is 19.2 Å². The molecule has 4 atom stereocenters. The predicted octanol–water partition coefficient (Wildman–Crippen LogP) is 2.30. The second-order valence-electron chi connectivity index (χ2n) is 6.47. The van der Waals surface area contributed by atoms with Crippen molar-refractivity contribution in [2.24, 2.45) is 23.7 Å². The summed E-state index contributed by atoms with van der Waals surface area (Å²) in [4.78, 5) is 37.4. The highest BCUT2D eigenvalue weighted by Crippen LogP contribution is 2.51. The third-order valence-corrected chi connectivity index (χ3v) is 5.37. The van der Waals surface area contributed by atoms with E-state index in [4.69, 9.17) is 4.74 Å². The van der Waals surface area contributed by atoms with E-state index in [1.807, 2.05) is 0 Å². The highest BCUT2D eigenvalue weighted by atomic mass is 16.6. The average molecular weight is 328 g/mol. The Hall–Kier alpha value is -2.70. The molecule has 1 heterocycles. The Bertz CT molecular complexity index is 755. The number of ether oxygens (including phenoxy) is 1. The zero-order chi connectivity index (χ0) is 17.0. The minimum atomic E-state index is -0.538. The molecule has 0 N–H and O–H groups in total. The fourth-order valence-corrected chi connectivity index (χ4v) is 4.28. The van der Waals surface area contributed by atoms with E-state index in [1.54, 1.807) is 0 Å². The Balaban J connectivity index is 1.77. The summed E-state index contributed by atoms with van der Waals surface area (Å²) >= 11 is 0. The monoisotopic (exact) mass is 328 g/mol. The molecule has 4 aliphatic rings. The first kappa shape index (κ1) is 14.9. The van der Waals surface area contributed by atoms with Gasteiger partial charge in [0, 0.05) is 6.07 Å². The van der Waals surface area contributed by atoms with Gasteiger partial charge >= 0.3 is 0 Å². The number of imide groups is 1.